The number of hydrogen-bond acceptors (Lipinski definition) is 12. The first-order chi connectivity index (χ1) is 21.0. The van der Waals surface area contributed by atoms with E-state index in [4.69, 9.17) is 33.2 Å². The van der Waals surface area contributed by atoms with Crippen molar-refractivity contribution in [1.82, 2.24) is 5.32 Å². The van der Waals surface area contributed by atoms with Crippen LogP contribution in [0.3, 0.4) is 0 Å². The highest BCUT2D eigenvalue weighted by molar-refractivity contribution is 5.94. The minimum Gasteiger partial charge on any atom is -0.493 e. The van der Waals surface area contributed by atoms with Gasteiger partial charge >= 0.3 is 23.9 Å². The number of amides is 1. The average Bonchev–Trinajstić information content (AvgIpc) is 2.97. The summed E-state index contributed by atoms with van der Waals surface area (Å²) in [6, 6.07) is 4.51. The second-order valence-corrected chi connectivity index (χ2v) is 10.7. The second kappa shape index (κ2) is 16.8. The topological polar surface area (TPSA) is 166 Å². The van der Waals surface area contributed by atoms with Gasteiger partial charge < -0.3 is 43.4 Å². The number of likely N-dealkylation sites (tertiary alicyclic amines) is 1. The predicted octanol–water partition coefficient (Wildman–Crippen LogP) is 0.346. The molecule has 44 heavy (non-hydrogen) atoms. The average molecular weight is 624 g/mol. The van der Waals surface area contributed by atoms with Gasteiger partial charge in [0.25, 0.3) is 5.91 Å². The number of quaternary nitrogens is 1. The van der Waals surface area contributed by atoms with Crippen LogP contribution in [0.4, 0.5) is 0 Å². The zero-order valence-corrected chi connectivity index (χ0v) is 25.9. The molecule has 0 radical (unpaired) electrons. The number of methoxy groups -OCH3 is 1. The molecule has 0 aromatic heterocycles. The van der Waals surface area contributed by atoms with Crippen molar-refractivity contribution in [1.29, 1.82) is 0 Å². The van der Waals surface area contributed by atoms with Crippen LogP contribution >= 0.6 is 0 Å². The number of esters is 4. The Labute approximate surface area is 256 Å². The van der Waals surface area contributed by atoms with Gasteiger partial charge in [-0.3, -0.25) is 24.0 Å². The Bertz CT molecular complexity index is 1170. The summed E-state index contributed by atoms with van der Waals surface area (Å²) >= 11 is 0. The Morgan fingerprint density at radius 2 is 1.48 bits per heavy atom. The van der Waals surface area contributed by atoms with E-state index in [2.05, 4.69) is 5.32 Å². The van der Waals surface area contributed by atoms with Crippen LogP contribution in [0.5, 0.6) is 11.5 Å². The molecule has 3 rings (SSSR count). The maximum absolute atomic E-state index is 12.9. The van der Waals surface area contributed by atoms with Crippen LogP contribution in [0.15, 0.2) is 18.2 Å². The van der Waals surface area contributed by atoms with E-state index >= 15 is 0 Å². The molecule has 5 atom stereocenters. The Hall–Kier alpha value is -3.91. The van der Waals surface area contributed by atoms with Crippen LogP contribution in [0.25, 0.3) is 0 Å². The van der Waals surface area contributed by atoms with Gasteiger partial charge in [-0.15, -0.1) is 0 Å². The summed E-state index contributed by atoms with van der Waals surface area (Å²) in [6.45, 7) is 8.07. The Morgan fingerprint density at radius 3 is 2.09 bits per heavy atom. The monoisotopic (exact) mass is 623 g/mol. The molecule has 1 amide bonds. The Balaban J connectivity index is 1.80. The van der Waals surface area contributed by atoms with Gasteiger partial charge in [-0.2, -0.15) is 0 Å². The van der Waals surface area contributed by atoms with E-state index in [0.717, 1.165) is 33.7 Å². The molecule has 2 heterocycles. The number of carbonyl (C=O) groups is 5. The second-order valence-electron chi connectivity index (χ2n) is 10.7. The number of nitrogens with one attached hydrogen (secondary N) is 2. The molecular formula is C30H43N2O12+. The van der Waals surface area contributed by atoms with Gasteiger partial charge in [0.05, 0.1) is 26.7 Å². The number of piperidine rings is 1. The van der Waals surface area contributed by atoms with E-state index in [1.165, 1.54) is 64.6 Å². The van der Waals surface area contributed by atoms with E-state index in [9.17, 15) is 24.0 Å². The van der Waals surface area contributed by atoms with Gasteiger partial charge in [0.15, 0.2) is 23.7 Å². The first-order valence-corrected chi connectivity index (χ1v) is 14.8. The van der Waals surface area contributed by atoms with E-state index < -0.39 is 61.2 Å². The number of ether oxygens (including phenoxy) is 7. The zero-order chi connectivity index (χ0) is 32.2. The lowest BCUT2D eigenvalue weighted by Crippen LogP contribution is -3.12. The zero-order valence-electron chi connectivity index (χ0n) is 25.9. The van der Waals surface area contributed by atoms with Crippen LogP contribution in [0.1, 0.15) is 63.7 Å². The molecule has 2 aliphatic rings. The minimum absolute atomic E-state index is 0.110. The molecule has 2 saturated heterocycles. The molecule has 0 bridgehead atoms. The predicted molar refractivity (Wildman–Crippen MR) is 152 cm³/mol. The number of rotatable bonds is 13. The first kappa shape index (κ1) is 34.6. The van der Waals surface area contributed by atoms with Crippen LogP contribution in [0.2, 0.25) is 0 Å². The van der Waals surface area contributed by atoms with Crippen molar-refractivity contribution in [3.05, 3.63) is 23.8 Å². The molecule has 14 nitrogen and oxygen atoms in total. The van der Waals surface area contributed by atoms with E-state index in [-0.39, 0.29) is 17.4 Å². The largest absolute Gasteiger partial charge is 0.493 e. The maximum Gasteiger partial charge on any atom is 0.303 e. The van der Waals surface area contributed by atoms with Crippen LogP contribution in [-0.2, 0) is 42.9 Å². The number of hydrogen-bond donors (Lipinski definition) is 2. The normalized spacial score (nSPS) is 23.5. The molecular weight excluding hydrogens is 580 g/mol. The number of carbonyl (C=O) groups excluding carboxylic acids is 5. The van der Waals surface area contributed by atoms with Crippen molar-refractivity contribution in [3.8, 4) is 11.5 Å². The molecule has 244 valence electrons. The fourth-order valence-electron chi connectivity index (χ4n) is 5.26. The van der Waals surface area contributed by atoms with Crippen molar-refractivity contribution in [2.75, 3.05) is 39.9 Å². The lowest BCUT2D eigenvalue weighted by molar-refractivity contribution is -0.904. The van der Waals surface area contributed by atoms with Gasteiger partial charge in [0.2, 0.25) is 12.4 Å². The summed E-state index contributed by atoms with van der Waals surface area (Å²) in [7, 11) is 1.39. The summed E-state index contributed by atoms with van der Waals surface area (Å²) in [4.78, 5) is 62.1. The minimum atomic E-state index is -1.44. The van der Waals surface area contributed by atoms with Gasteiger partial charge in [0, 0.05) is 46.2 Å². The molecule has 2 N–H and O–H groups in total. The molecule has 14 heteroatoms. The quantitative estimate of drug-likeness (QED) is 0.176. The summed E-state index contributed by atoms with van der Waals surface area (Å²) in [5.41, 5.74) is 0.334. The molecule has 0 spiro atoms. The van der Waals surface area contributed by atoms with E-state index in [1.54, 1.807) is 4.90 Å². The lowest BCUT2D eigenvalue weighted by atomic mass is 9.98. The van der Waals surface area contributed by atoms with E-state index in [0.29, 0.717) is 12.1 Å². The summed E-state index contributed by atoms with van der Waals surface area (Å²) in [6.07, 6.45) is -2.09. The third-order valence-corrected chi connectivity index (χ3v) is 7.17. The van der Waals surface area contributed by atoms with Crippen LogP contribution in [0, 0.1) is 0 Å². The molecule has 0 aliphatic carbocycles. The van der Waals surface area contributed by atoms with Crippen molar-refractivity contribution >= 4 is 29.8 Å². The van der Waals surface area contributed by atoms with Crippen molar-refractivity contribution < 1.29 is 62.0 Å². The Morgan fingerprint density at radius 1 is 0.841 bits per heavy atom. The molecule has 1 aromatic rings. The third-order valence-electron chi connectivity index (χ3n) is 7.17. The summed E-state index contributed by atoms with van der Waals surface area (Å²) < 4.78 is 38.9. The first-order valence-electron chi connectivity index (χ1n) is 14.8. The third kappa shape index (κ3) is 10.4. The molecule has 0 saturated carbocycles. The van der Waals surface area contributed by atoms with Crippen LogP contribution in [-0.4, -0.2) is 100 Å². The van der Waals surface area contributed by atoms with Gasteiger partial charge in [-0.1, -0.05) is 0 Å². The fourth-order valence-corrected chi connectivity index (χ4v) is 5.26. The summed E-state index contributed by atoms with van der Waals surface area (Å²) in [5.74, 6) is -2.90. The molecule has 2 fully saturated rings. The fraction of sp³-hybridized carbons (Fsp3) is 0.633. The number of benzene rings is 1. The highest BCUT2D eigenvalue weighted by Gasteiger charge is 2.53. The Kier molecular flexibility index (Phi) is 13.2. The highest BCUT2D eigenvalue weighted by atomic mass is 16.7. The lowest BCUT2D eigenvalue weighted by Gasteiger charge is -2.44. The molecule has 1 aromatic carbocycles. The summed E-state index contributed by atoms with van der Waals surface area (Å²) in [5, 5.41) is 2.93. The van der Waals surface area contributed by atoms with Crippen LogP contribution < -0.4 is 19.7 Å². The van der Waals surface area contributed by atoms with Crippen molar-refractivity contribution in [2.45, 2.75) is 84.1 Å². The maximum atomic E-state index is 12.9. The van der Waals surface area contributed by atoms with Gasteiger partial charge in [-0.05, 0) is 37.5 Å². The molecule has 2 aliphatic heterocycles. The van der Waals surface area contributed by atoms with Crippen molar-refractivity contribution in [2.24, 2.45) is 0 Å². The van der Waals surface area contributed by atoms with Crippen molar-refractivity contribution in [3.63, 3.8) is 0 Å². The van der Waals surface area contributed by atoms with Gasteiger partial charge in [0.1, 0.15) is 12.7 Å². The SMILES string of the molecule is COc1cc(C(=O)NCCC[NH+]2CCCCC2)ccc1OC1OC(COC(C)=O)C(OC(C)=O)C(OC(C)=O)C1OC(C)=O. The molecule has 5 unspecified atom stereocenters. The highest BCUT2D eigenvalue weighted by Crippen LogP contribution is 2.35. The van der Waals surface area contributed by atoms with E-state index in [1.807, 2.05) is 0 Å². The van der Waals surface area contributed by atoms with Gasteiger partial charge in [-0.25, -0.2) is 0 Å². The smallest absolute Gasteiger partial charge is 0.303 e. The standard InChI is InChI=1S/C30H42N2O12/c1-18(33)39-17-25-26(40-19(2)34)27(41-20(3)35)28(42-21(4)36)30(44-25)43-23-11-10-22(16-24(23)38-5)29(37)31-12-9-15-32-13-7-6-8-14-32/h10-11,16,25-28,30H,6-9,12-15,17H2,1-5H3,(H,31,37)/p+1.